The molecule has 0 heterocycles. The van der Waals surface area contributed by atoms with E-state index in [-0.39, 0.29) is 32.3 Å². The van der Waals surface area contributed by atoms with Gasteiger partial charge in [-0.2, -0.15) is 0 Å². The largest absolute Gasteiger partial charge is 0.472 e. The number of phosphoric acid groups is 1. The number of allylic oxidation sites excluding steroid dienone is 8. The number of carbonyl (C=O) groups excluding carboxylic acids is 1. The fourth-order valence-corrected chi connectivity index (χ4v) is 8.47. The van der Waals surface area contributed by atoms with Crippen molar-refractivity contribution in [1.82, 2.24) is 0 Å². The molecule has 0 aromatic rings. The minimum atomic E-state index is -4.29. The predicted octanol–water partition coefficient (Wildman–Crippen LogP) is 17.1. The van der Waals surface area contributed by atoms with Gasteiger partial charge in [-0.05, 0) is 77.0 Å². The predicted molar refractivity (Wildman–Crippen MR) is 275 cm³/mol. The van der Waals surface area contributed by atoms with Crippen LogP contribution in [0.25, 0.3) is 0 Å². The summed E-state index contributed by atoms with van der Waals surface area (Å²) in [5.74, 6) is -0.330. The van der Waals surface area contributed by atoms with E-state index in [0.717, 1.165) is 44.9 Å². The monoisotopic (exact) mass is 922 g/mol. The number of unbranched alkanes of at least 4 members (excludes halogenated alkanes) is 31. The van der Waals surface area contributed by atoms with Crippen molar-refractivity contribution in [2.24, 2.45) is 5.73 Å². The normalized spacial score (nSPS) is 13.6. The molecule has 2 atom stereocenters. The molecule has 0 bridgehead atoms. The van der Waals surface area contributed by atoms with E-state index in [2.05, 4.69) is 62.5 Å². The summed E-state index contributed by atoms with van der Waals surface area (Å²) in [6.07, 6.45) is 64.3. The molecule has 8 nitrogen and oxygen atoms in total. The van der Waals surface area contributed by atoms with Crippen LogP contribution < -0.4 is 5.73 Å². The van der Waals surface area contributed by atoms with E-state index in [4.69, 9.17) is 24.3 Å². The zero-order valence-electron chi connectivity index (χ0n) is 42.0. The molecule has 376 valence electrons. The summed E-state index contributed by atoms with van der Waals surface area (Å²) in [4.78, 5) is 22.6. The van der Waals surface area contributed by atoms with Crippen LogP contribution in [0.4, 0.5) is 0 Å². The van der Waals surface area contributed by atoms with Gasteiger partial charge in [-0.1, -0.05) is 223 Å². The van der Waals surface area contributed by atoms with Gasteiger partial charge in [0.2, 0.25) is 0 Å². The number of esters is 1. The highest BCUT2D eigenvalue weighted by molar-refractivity contribution is 7.47. The summed E-state index contributed by atoms with van der Waals surface area (Å²) in [7, 11) is -4.29. The van der Waals surface area contributed by atoms with E-state index in [1.54, 1.807) is 0 Å². The van der Waals surface area contributed by atoms with Crippen molar-refractivity contribution < 1.29 is 32.8 Å². The Morgan fingerprint density at radius 1 is 0.469 bits per heavy atom. The van der Waals surface area contributed by atoms with Gasteiger partial charge in [-0.15, -0.1) is 0 Å². The second kappa shape index (κ2) is 52.4. The van der Waals surface area contributed by atoms with Gasteiger partial charge in [0.25, 0.3) is 0 Å². The van der Waals surface area contributed by atoms with Crippen molar-refractivity contribution in [1.29, 1.82) is 0 Å². The Bertz CT molecular complexity index is 1130. The third-order valence-corrected chi connectivity index (χ3v) is 12.7. The Balaban J connectivity index is 3.90. The Morgan fingerprint density at radius 2 is 0.828 bits per heavy atom. The first-order valence-corrected chi connectivity index (χ1v) is 28.6. The summed E-state index contributed by atoms with van der Waals surface area (Å²) < 4.78 is 33.6. The number of rotatable bonds is 52. The number of nitrogens with two attached hydrogens (primary N) is 1. The third-order valence-electron chi connectivity index (χ3n) is 11.7. The molecule has 3 N–H and O–H groups in total. The summed E-state index contributed by atoms with van der Waals surface area (Å²) in [5.41, 5.74) is 5.40. The summed E-state index contributed by atoms with van der Waals surface area (Å²) >= 11 is 0. The van der Waals surface area contributed by atoms with Crippen molar-refractivity contribution in [3.63, 3.8) is 0 Å². The molecule has 0 radical (unpaired) electrons. The molecular formula is C55H104NO7P. The molecular weight excluding hydrogens is 818 g/mol. The van der Waals surface area contributed by atoms with Crippen LogP contribution in [0, 0.1) is 0 Å². The smallest absolute Gasteiger partial charge is 0.457 e. The van der Waals surface area contributed by atoms with Gasteiger partial charge in [0, 0.05) is 19.6 Å². The fourth-order valence-electron chi connectivity index (χ4n) is 7.71. The third kappa shape index (κ3) is 51.4. The first-order chi connectivity index (χ1) is 31.4. The molecule has 0 saturated carbocycles. The standard InChI is InChI=1S/C55H104NO7P/c1-3-5-7-9-11-13-15-17-19-21-23-25-26-27-28-29-30-32-34-36-38-40-42-44-46-48-55(57)63-54(53-62-64(58,59)61-51-49-56)52-60-50-47-45-43-41-39-37-35-33-31-24-22-20-18-16-14-12-10-8-6-4-2/h12,14-15,17-18,20-21,23,54H,3-11,13,16,19,22,24-53,56H2,1-2H3,(H,58,59)/b14-12-,17-15-,20-18-,23-21-. The Kier molecular flexibility index (Phi) is 51.2. The number of hydrogen-bond acceptors (Lipinski definition) is 7. The SMILES string of the molecule is CCCCC/C=C\C/C=C\CCCCCCCCCCCCOCC(COP(=O)(O)OCCN)OC(=O)CCCCCCCCCCCCCCC/C=C\C/C=C\CCCCCCC. The topological polar surface area (TPSA) is 117 Å². The van der Waals surface area contributed by atoms with Crippen LogP contribution in [0.3, 0.4) is 0 Å². The molecule has 64 heavy (non-hydrogen) atoms. The van der Waals surface area contributed by atoms with Gasteiger partial charge >= 0.3 is 13.8 Å². The second-order valence-corrected chi connectivity index (χ2v) is 19.5. The van der Waals surface area contributed by atoms with E-state index in [0.29, 0.717) is 13.0 Å². The van der Waals surface area contributed by atoms with Crippen LogP contribution in [-0.2, 0) is 27.9 Å². The van der Waals surface area contributed by atoms with Crippen LogP contribution in [0.1, 0.15) is 258 Å². The average molecular weight is 922 g/mol. The van der Waals surface area contributed by atoms with Crippen LogP contribution >= 0.6 is 7.82 Å². The molecule has 0 aliphatic heterocycles. The zero-order chi connectivity index (χ0) is 46.5. The molecule has 0 aliphatic rings. The molecule has 0 saturated heterocycles. The molecule has 0 amide bonds. The first-order valence-electron chi connectivity index (χ1n) is 27.1. The maximum absolute atomic E-state index is 12.7. The van der Waals surface area contributed by atoms with Gasteiger partial charge in [0.1, 0.15) is 6.10 Å². The van der Waals surface area contributed by atoms with Crippen LogP contribution in [0.15, 0.2) is 48.6 Å². The number of ether oxygens (including phenoxy) is 2. The molecule has 9 heteroatoms. The highest BCUT2D eigenvalue weighted by Crippen LogP contribution is 2.43. The molecule has 0 aromatic heterocycles. The van der Waals surface area contributed by atoms with Gasteiger partial charge in [-0.25, -0.2) is 4.57 Å². The van der Waals surface area contributed by atoms with Crippen molar-refractivity contribution >= 4 is 13.8 Å². The maximum atomic E-state index is 12.7. The Hall–Kier alpha value is -1.54. The van der Waals surface area contributed by atoms with Crippen molar-refractivity contribution in [3.8, 4) is 0 Å². The Labute approximate surface area is 396 Å². The summed E-state index contributed by atoms with van der Waals surface area (Å²) in [6, 6.07) is 0. The minimum Gasteiger partial charge on any atom is -0.457 e. The summed E-state index contributed by atoms with van der Waals surface area (Å²) in [6.45, 7) is 4.92. The first kappa shape index (κ1) is 62.5. The van der Waals surface area contributed by atoms with Crippen LogP contribution in [-0.4, -0.2) is 49.9 Å². The quantitative estimate of drug-likeness (QED) is 0.0268. The molecule has 2 unspecified atom stereocenters. The second-order valence-electron chi connectivity index (χ2n) is 18.1. The number of hydrogen-bond donors (Lipinski definition) is 2. The van der Waals surface area contributed by atoms with Crippen molar-refractivity contribution in [2.75, 3.05) is 33.0 Å². The number of carbonyl (C=O) groups is 1. The average Bonchev–Trinajstić information content (AvgIpc) is 3.29. The van der Waals surface area contributed by atoms with Crippen LogP contribution in [0.2, 0.25) is 0 Å². The van der Waals surface area contributed by atoms with E-state index < -0.39 is 13.9 Å². The Morgan fingerprint density at radius 3 is 1.25 bits per heavy atom. The molecule has 0 aliphatic carbocycles. The molecule has 0 fully saturated rings. The van der Waals surface area contributed by atoms with E-state index in [1.165, 1.54) is 193 Å². The van der Waals surface area contributed by atoms with E-state index >= 15 is 0 Å². The minimum absolute atomic E-state index is 0.0963. The lowest BCUT2D eigenvalue weighted by molar-refractivity contribution is -0.154. The van der Waals surface area contributed by atoms with Crippen LogP contribution in [0.5, 0.6) is 0 Å². The van der Waals surface area contributed by atoms with Gasteiger partial charge in [0.15, 0.2) is 0 Å². The van der Waals surface area contributed by atoms with Crippen molar-refractivity contribution in [3.05, 3.63) is 48.6 Å². The lowest BCUT2D eigenvalue weighted by Crippen LogP contribution is -2.28. The zero-order valence-corrected chi connectivity index (χ0v) is 42.9. The van der Waals surface area contributed by atoms with E-state index in [9.17, 15) is 14.3 Å². The fraction of sp³-hybridized carbons (Fsp3) is 0.836. The van der Waals surface area contributed by atoms with E-state index in [1.807, 2.05) is 0 Å². The number of phosphoric ester groups is 1. The maximum Gasteiger partial charge on any atom is 0.472 e. The lowest BCUT2D eigenvalue weighted by Gasteiger charge is -2.20. The highest BCUT2D eigenvalue weighted by atomic mass is 31.2. The lowest BCUT2D eigenvalue weighted by atomic mass is 10.0. The van der Waals surface area contributed by atoms with Gasteiger partial charge < -0.3 is 20.1 Å². The van der Waals surface area contributed by atoms with Gasteiger partial charge in [-0.3, -0.25) is 13.8 Å². The highest BCUT2D eigenvalue weighted by Gasteiger charge is 2.25. The molecule has 0 rings (SSSR count). The van der Waals surface area contributed by atoms with Crippen molar-refractivity contribution in [2.45, 2.75) is 264 Å². The molecule has 0 spiro atoms. The summed E-state index contributed by atoms with van der Waals surface area (Å²) in [5, 5.41) is 0. The molecule has 0 aromatic carbocycles. The van der Waals surface area contributed by atoms with Gasteiger partial charge in [0.05, 0.1) is 19.8 Å².